The molecule has 2 rings (SSSR count). The number of amides is 1. The zero-order valence-corrected chi connectivity index (χ0v) is 9.68. The summed E-state index contributed by atoms with van der Waals surface area (Å²) in [4.78, 5) is 14.0. The van der Waals surface area contributed by atoms with Gasteiger partial charge in [0, 0.05) is 13.1 Å². The quantitative estimate of drug-likeness (QED) is 0.680. The molecule has 15 heavy (non-hydrogen) atoms. The summed E-state index contributed by atoms with van der Waals surface area (Å²) >= 11 is 0. The molecule has 2 saturated heterocycles. The van der Waals surface area contributed by atoms with Crippen LogP contribution in [-0.4, -0.2) is 49.1 Å². The van der Waals surface area contributed by atoms with Gasteiger partial charge < -0.3 is 10.6 Å². The Bertz CT molecular complexity index is 248. The fourth-order valence-corrected chi connectivity index (χ4v) is 2.23. The fraction of sp³-hybridized carbons (Fsp3) is 0.909. The molecule has 0 bridgehead atoms. The van der Waals surface area contributed by atoms with Crippen molar-refractivity contribution in [1.82, 2.24) is 15.5 Å². The normalized spacial score (nSPS) is 27.2. The van der Waals surface area contributed by atoms with Gasteiger partial charge in [-0.3, -0.25) is 9.69 Å². The molecule has 0 aromatic heterocycles. The van der Waals surface area contributed by atoms with Crippen LogP contribution in [0.15, 0.2) is 0 Å². The van der Waals surface area contributed by atoms with E-state index in [4.69, 9.17) is 0 Å². The number of hydrogen-bond donors (Lipinski definition) is 2. The van der Waals surface area contributed by atoms with E-state index in [-0.39, 0.29) is 11.4 Å². The van der Waals surface area contributed by atoms with Gasteiger partial charge in [0.1, 0.15) is 0 Å². The summed E-state index contributed by atoms with van der Waals surface area (Å²) in [6, 6.07) is 0. The SMILES string of the molecule is CC1(C)C(=O)NCCN1CCC1CNC1. The first kappa shape index (κ1) is 10.9. The molecule has 0 saturated carbocycles. The number of nitrogens with zero attached hydrogens (tertiary/aromatic N) is 1. The van der Waals surface area contributed by atoms with Gasteiger partial charge >= 0.3 is 0 Å². The Kier molecular flexibility index (Phi) is 2.98. The smallest absolute Gasteiger partial charge is 0.239 e. The molecule has 4 nitrogen and oxygen atoms in total. The molecule has 2 aliphatic rings. The summed E-state index contributed by atoms with van der Waals surface area (Å²) in [5, 5.41) is 6.21. The van der Waals surface area contributed by atoms with E-state index in [2.05, 4.69) is 15.5 Å². The van der Waals surface area contributed by atoms with Gasteiger partial charge in [0.25, 0.3) is 0 Å². The number of piperazine rings is 1. The third kappa shape index (κ3) is 2.16. The Labute approximate surface area is 91.4 Å². The van der Waals surface area contributed by atoms with Crippen LogP contribution in [0.4, 0.5) is 0 Å². The summed E-state index contributed by atoms with van der Waals surface area (Å²) in [5.74, 6) is 0.992. The topological polar surface area (TPSA) is 44.4 Å². The first-order chi connectivity index (χ1) is 7.10. The highest BCUT2D eigenvalue weighted by atomic mass is 16.2. The molecule has 86 valence electrons. The van der Waals surface area contributed by atoms with Crippen molar-refractivity contribution in [1.29, 1.82) is 0 Å². The lowest BCUT2D eigenvalue weighted by Gasteiger charge is -2.42. The molecule has 0 radical (unpaired) electrons. The van der Waals surface area contributed by atoms with Crippen LogP contribution >= 0.6 is 0 Å². The van der Waals surface area contributed by atoms with E-state index in [0.717, 1.165) is 38.6 Å². The second-order valence-electron chi connectivity index (χ2n) is 5.11. The molecule has 2 fully saturated rings. The van der Waals surface area contributed by atoms with Crippen LogP contribution in [0.3, 0.4) is 0 Å². The second-order valence-corrected chi connectivity index (χ2v) is 5.11. The van der Waals surface area contributed by atoms with Crippen molar-refractivity contribution >= 4 is 5.91 Å². The lowest BCUT2D eigenvalue weighted by atomic mass is 9.95. The Hall–Kier alpha value is -0.610. The maximum atomic E-state index is 11.7. The molecular weight excluding hydrogens is 190 g/mol. The average Bonchev–Trinajstić information content (AvgIpc) is 2.10. The van der Waals surface area contributed by atoms with Gasteiger partial charge in [0.15, 0.2) is 0 Å². The highest BCUT2D eigenvalue weighted by Crippen LogP contribution is 2.19. The van der Waals surface area contributed by atoms with Crippen molar-refractivity contribution in [2.45, 2.75) is 25.8 Å². The van der Waals surface area contributed by atoms with Gasteiger partial charge in [-0.1, -0.05) is 0 Å². The minimum Gasteiger partial charge on any atom is -0.353 e. The summed E-state index contributed by atoms with van der Waals surface area (Å²) < 4.78 is 0. The molecule has 0 aliphatic carbocycles. The Morgan fingerprint density at radius 1 is 1.47 bits per heavy atom. The Balaban J connectivity index is 1.85. The summed E-state index contributed by atoms with van der Waals surface area (Å²) in [6.07, 6.45) is 1.21. The van der Waals surface area contributed by atoms with E-state index in [1.54, 1.807) is 0 Å². The number of nitrogens with one attached hydrogen (secondary N) is 2. The monoisotopic (exact) mass is 211 g/mol. The molecule has 0 unspecified atom stereocenters. The van der Waals surface area contributed by atoms with Crippen molar-refractivity contribution in [2.75, 3.05) is 32.7 Å². The zero-order chi connectivity index (χ0) is 10.9. The number of rotatable bonds is 3. The predicted octanol–water partition coefficient (Wildman–Crippen LogP) is -0.194. The lowest BCUT2D eigenvalue weighted by Crippen LogP contribution is -2.62. The molecule has 0 aromatic rings. The summed E-state index contributed by atoms with van der Waals surface area (Å²) in [6.45, 7) is 9.17. The van der Waals surface area contributed by atoms with Crippen molar-refractivity contribution in [3.8, 4) is 0 Å². The van der Waals surface area contributed by atoms with Crippen LogP contribution in [0.1, 0.15) is 20.3 Å². The van der Waals surface area contributed by atoms with Gasteiger partial charge in [0.2, 0.25) is 5.91 Å². The highest BCUT2D eigenvalue weighted by molar-refractivity contribution is 5.86. The minimum atomic E-state index is -0.324. The Morgan fingerprint density at radius 2 is 2.20 bits per heavy atom. The molecule has 4 heteroatoms. The van der Waals surface area contributed by atoms with Crippen molar-refractivity contribution in [2.24, 2.45) is 5.92 Å². The van der Waals surface area contributed by atoms with Crippen LogP contribution in [0.2, 0.25) is 0 Å². The molecule has 2 heterocycles. The van der Waals surface area contributed by atoms with Gasteiger partial charge in [0.05, 0.1) is 5.54 Å². The van der Waals surface area contributed by atoms with E-state index in [1.807, 2.05) is 13.8 Å². The number of carbonyl (C=O) groups is 1. The summed E-state index contributed by atoms with van der Waals surface area (Å²) in [7, 11) is 0. The maximum absolute atomic E-state index is 11.7. The standard InChI is InChI=1S/C11H21N3O/c1-11(2)10(15)13-4-6-14(11)5-3-9-7-12-8-9/h9,12H,3-8H2,1-2H3,(H,13,15). The van der Waals surface area contributed by atoms with Crippen molar-refractivity contribution < 1.29 is 4.79 Å². The average molecular weight is 211 g/mol. The van der Waals surface area contributed by atoms with Gasteiger partial charge in [-0.15, -0.1) is 0 Å². The fourth-order valence-electron chi connectivity index (χ4n) is 2.23. The second kappa shape index (κ2) is 4.10. The number of carbonyl (C=O) groups excluding carboxylic acids is 1. The van der Waals surface area contributed by atoms with Gasteiger partial charge in [-0.2, -0.15) is 0 Å². The van der Waals surface area contributed by atoms with Crippen molar-refractivity contribution in [3.63, 3.8) is 0 Å². The molecule has 0 spiro atoms. The molecule has 0 atom stereocenters. The first-order valence-electron chi connectivity index (χ1n) is 5.85. The van der Waals surface area contributed by atoms with Crippen LogP contribution in [-0.2, 0) is 4.79 Å². The van der Waals surface area contributed by atoms with Gasteiger partial charge in [-0.05, 0) is 45.8 Å². The van der Waals surface area contributed by atoms with Gasteiger partial charge in [-0.25, -0.2) is 0 Å². The molecule has 2 N–H and O–H groups in total. The van der Waals surface area contributed by atoms with E-state index >= 15 is 0 Å². The van der Waals surface area contributed by atoms with Crippen LogP contribution in [0.5, 0.6) is 0 Å². The van der Waals surface area contributed by atoms with Crippen molar-refractivity contribution in [3.05, 3.63) is 0 Å². The van der Waals surface area contributed by atoms with E-state index in [9.17, 15) is 4.79 Å². The lowest BCUT2D eigenvalue weighted by molar-refractivity contribution is -0.135. The van der Waals surface area contributed by atoms with Crippen LogP contribution in [0, 0.1) is 5.92 Å². The van der Waals surface area contributed by atoms with E-state index in [0.29, 0.717) is 0 Å². The van der Waals surface area contributed by atoms with Crippen LogP contribution in [0.25, 0.3) is 0 Å². The third-order valence-corrected chi connectivity index (χ3v) is 3.69. The maximum Gasteiger partial charge on any atom is 0.239 e. The zero-order valence-electron chi connectivity index (χ0n) is 9.68. The third-order valence-electron chi connectivity index (χ3n) is 3.69. The molecule has 0 aromatic carbocycles. The molecule has 1 amide bonds. The van der Waals surface area contributed by atoms with E-state index < -0.39 is 0 Å². The Morgan fingerprint density at radius 3 is 2.80 bits per heavy atom. The van der Waals surface area contributed by atoms with E-state index in [1.165, 1.54) is 6.42 Å². The predicted molar refractivity (Wildman–Crippen MR) is 59.6 cm³/mol. The first-order valence-corrected chi connectivity index (χ1v) is 5.85. The highest BCUT2D eigenvalue weighted by Gasteiger charge is 2.37. The largest absolute Gasteiger partial charge is 0.353 e. The summed E-state index contributed by atoms with van der Waals surface area (Å²) in [5.41, 5.74) is -0.324. The number of hydrogen-bond acceptors (Lipinski definition) is 3. The minimum absolute atomic E-state index is 0.167. The molecule has 2 aliphatic heterocycles. The van der Waals surface area contributed by atoms with Crippen LogP contribution < -0.4 is 10.6 Å². The molecular formula is C11H21N3O.